The number of thioether (sulfide) groups is 1. The highest BCUT2D eigenvalue weighted by Crippen LogP contribution is 2.21. The van der Waals surface area contributed by atoms with Crippen molar-refractivity contribution in [2.75, 3.05) is 26.7 Å². The van der Waals surface area contributed by atoms with Crippen molar-refractivity contribution in [2.45, 2.75) is 36.4 Å². The normalized spacial score (nSPS) is 19.6. The van der Waals surface area contributed by atoms with Gasteiger partial charge in [0.25, 0.3) is 0 Å². The van der Waals surface area contributed by atoms with E-state index in [0.717, 1.165) is 31.7 Å². The van der Waals surface area contributed by atoms with Gasteiger partial charge in [-0.3, -0.25) is 4.79 Å². The van der Waals surface area contributed by atoms with Gasteiger partial charge in [0.2, 0.25) is 5.91 Å². The number of nitrogens with zero attached hydrogens (tertiary/aromatic N) is 1. The summed E-state index contributed by atoms with van der Waals surface area (Å²) >= 11 is 1.62. The standard InChI is InChI=1S/C17H26N2O2S/c1-14(22-12-15-6-4-3-5-7-15)16(20)18-13-17(21)8-10-19(2)11-9-17/h3-7,14,21H,8-13H2,1-2H3,(H,18,20)/t14-/m0/s1. The number of benzene rings is 1. The molecule has 0 aliphatic carbocycles. The Morgan fingerprint density at radius 3 is 2.64 bits per heavy atom. The Morgan fingerprint density at radius 2 is 2.00 bits per heavy atom. The van der Waals surface area contributed by atoms with Crippen molar-refractivity contribution in [3.8, 4) is 0 Å². The van der Waals surface area contributed by atoms with Crippen molar-refractivity contribution in [3.63, 3.8) is 0 Å². The Labute approximate surface area is 137 Å². The minimum absolute atomic E-state index is 0.00767. The highest BCUT2D eigenvalue weighted by molar-refractivity contribution is 7.99. The molecular formula is C17H26N2O2S. The minimum Gasteiger partial charge on any atom is -0.388 e. The van der Waals surface area contributed by atoms with E-state index in [2.05, 4.69) is 29.4 Å². The van der Waals surface area contributed by atoms with Crippen LogP contribution in [-0.4, -0.2) is 53.4 Å². The lowest BCUT2D eigenvalue weighted by Gasteiger charge is -2.36. The summed E-state index contributed by atoms with van der Waals surface area (Å²) in [7, 11) is 2.06. The fourth-order valence-electron chi connectivity index (χ4n) is 2.48. The lowest BCUT2D eigenvalue weighted by Crippen LogP contribution is -2.50. The number of nitrogens with one attached hydrogen (secondary N) is 1. The largest absolute Gasteiger partial charge is 0.388 e. The second kappa shape index (κ2) is 7.99. The summed E-state index contributed by atoms with van der Waals surface area (Å²) in [6.45, 7) is 4.03. The average molecular weight is 322 g/mol. The summed E-state index contributed by atoms with van der Waals surface area (Å²) in [5.41, 5.74) is 0.479. The SMILES string of the molecule is C[C@H](SCc1ccccc1)C(=O)NCC1(O)CCN(C)CC1. The molecular weight excluding hydrogens is 296 g/mol. The van der Waals surface area contributed by atoms with Gasteiger partial charge in [0.05, 0.1) is 10.9 Å². The quantitative estimate of drug-likeness (QED) is 0.840. The Bertz CT molecular complexity index is 473. The van der Waals surface area contributed by atoms with E-state index in [-0.39, 0.29) is 11.2 Å². The molecule has 0 bridgehead atoms. The van der Waals surface area contributed by atoms with E-state index in [1.54, 1.807) is 11.8 Å². The number of aliphatic hydroxyl groups is 1. The molecule has 122 valence electrons. The monoisotopic (exact) mass is 322 g/mol. The fraction of sp³-hybridized carbons (Fsp3) is 0.588. The minimum atomic E-state index is -0.744. The summed E-state index contributed by atoms with van der Waals surface area (Å²) < 4.78 is 0. The maximum absolute atomic E-state index is 12.2. The average Bonchev–Trinajstić information content (AvgIpc) is 2.54. The maximum Gasteiger partial charge on any atom is 0.232 e. The highest BCUT2D eigenvalue weighted by atomic mass is 32.2. The van der Waals surface area contributed by atoms with Crippen LogP contribution >= 0.6 is 11.8 Å². The number of hydrogen-bond acceptors (Lipinski definition) is 4. The van der Waals surface area contributed by atoms with E-state index < -0.39 is 5.60 Å². The molecule has 1 aromatic carbocycles. The van der Waals surface area contributed by atoms with Crippen LogP contribution in [0.2, 0.25) is 0 Å². The predicted octanol–water partition coefficient (Wildman–Crippen LogP) is 1.88. The fourth-order valence-corrected chi connectivity index (χ4v) is 3.35. The second-order valence-electron chi connectivity index (χ2n) is 6.18. The zero-order valence-electron chi connectivity index (χ0n) is 13.4. The Kier molecular flexibility index (Phi) is 6.29. The van der Waals surface area contributed by atoms with Crippen LogP contribution in [-0.2, 0) is 10.5 Å². The van der Waals surface area contributed by atoms with Gasteiger partial charge in [-0.25, -0.2) is 0 Å². The lowest BCUT2D eigenvalue weighted by molar-refractivity contribution is -0.122. The Morgan fingerprint density at radius 1 is 1.36 bits per heavy atom. The molecule has 0 radical (unpaired) electrons. The van der Waals surface area contributed by atoms with E-state index >= 15 is 0 Å². The van der Waals surface area contributed by atoms with Crippen molar-refractivity contribution in [3.05, 3.63) is 35.9 Å². The molecule has 1 saturated heterocycles. The summed E-state index contributed by atoms with van der Waals surface area (Å²) in [6.07, 6.45) is 1.44. The van der Waals surface area contributed by atoms with Crippen LogP contribution in [0.1, 0.15) is 25.3 Å². The molecule has 1 fully saturated rings. The Hall–Kier alpha value is -1.04. The van der Waals surface area contributed by atoms with Gasteiger partial charge in [0, 0.05) is 25.4 Å². The smallest absolute Gasteiger partial charge is 0.232 e. The molecule has 1 heterocycles. The molecule has 5 heteroatoms. The molecule has 0 unspecified atom stereocenters. The molecule has 1 atom stereocenters. The number of amides is 1. The van der Waals surface area contributed by atoms with Gasteiger partial charge < -0.3 is 15.3 Å². The lowest BCUT2D eigenvalue weighted by atomic mass is 9.91. The van der Waals surface area contributed by atoms with Gasteiger partial charge in [0.15, 0.2) is 0 Å². The van der Waals surface area contributed by atoms with Crippen LogP contribution in [0.5, 0.6) is 0 Å². The van der Waals surface area contributed by atoms with Crippen LogP contribution in [0.4, 0.5) is 0 Å². The molecule has 1 aliphatic heterocycles. The molecule has 4 nitrogen and oxygen atoms in total. The molecule has 1 aromatic rings. The van der Waals surface area contributed by atoms with Crippen LogP contribution < -0.4 is 5.32 Å². The van der Waals surface area contributed by atoms with Crippen molar-refractivity contribution in [2.24, 2.45) is 0 Å². The van der Waals surface area contributed by atoms with Crippen LogP contribution in [0.15, 0.2) is 30.3 Å². The molecule has 0 saturated carbocycles. The second-order valence-corrected chi connectivity index (χ2v) is 7.51. The zero-order valence-corrected chi connectivity index (χ0v) is 14.2. The van der Waals surface area contributed by atoms with E-state index in [0.29, 0.717) is 6.54 Å². The molecule has 0 aromatic heterocycles. The Balaban J connectivity index is 1.72. The first-order valence-corrected chi connectivity index (χ1v) is 8.88. The van der Waals surface area contributed by atoms with E-state index in [1.165, 1.54) is 5.56 Å². The first kappa shape index (κ1) is 17.3. The number of hydrogen-bond donors (Lipinski definition) is 2. The third kappa shape index (κ3) is 5.30. The van der Waals surface area contributed by atoms with E-state index in [4.69, 9.17) is 0 Å². The van der Waals surface area contributed by atoms with Gasteiger partial charge >= 0.3 is 0 Å². The predicted molar refractivity (Wildman–Crippen MR) is 91.9 cm³/mol. The summed E-state index contributed by atoms with van der Waals surface area (Å²) in [4.78, 5) is 14.4. The van der Waals surface area contributed by atoms with Crippen LogP contribution in [0, 0.1) is 0 Å². The maximum atomic E-state index is 12.2. The van der Waals surface area contributed by atoms with Crippen molar-refractivity contribution >= 4 is 17.7 Å². The van der Waals surface area contributed by atoms with Gasteiger partial charge in [-0.05, 0) is 32.4 Å². The molecule has 1 amide bonds. The van der Waals surface area contributed by atoms with Crippen molar-refractivity contribution < 1.29 is 9.90 Å². The third-order valence-corrected chi connectivity index (χ3v) is 5.44. The topological polar surface area (TPSA) is 52.6 Å². The summed E-state index contributed by atoms with van der Waals surface area (Å²) in [6, 6.07) is 10.1. The zero-order chi connectivity index (χ0) is 16.0. The number of piperidine rings is 1. The molecule has 2 N–H and O–H groups in total. The molecule has 22 heavy (non-hydrogen) atoms. The molecule has 2 rings (SSSR count). The van der Waals surface area contributed by atoms with Crippen molar-refractivity contribution in [1.82, 2.24) is 10.2 Å². The number of likely N-dealkylation sites (tertiary alicyclic amines) is 1. The first-order valence-electron chi connectivity index (χ1n) is 7.83. The first-order chi connectivity index (χ1) is 10.5. The number of carbonyl (C=O) groups is 1. The number of carbonyl (C=O) groups excluding carboxylic acids is 1. The van der Waals surface area contributed by atoms with Crippen LogP contribution in [0.3, 0.4) is 0 Å². The van der Waals surface area contributed by atoms with Crippen molar-refractivity contribution in [1.29, 1.82) is 0 Å². The van der Waals surface area contributed by atoms with Gasteiger partial charge in [0.1, 0.15) is 0 Å². The van der Waals surface area contributed by atoms with Gasteiger partial charge in [-0.15, -0.1) is 11.8 Å². The van der Waals surface area contributed by atoms with Gasteiger partial charge in [-0.1, -0.05) is 30.3 Å². The van der Waals surface area contributed by atoms with Crippen LogP contribution in [0.25, 0.3) is 0 Å². The van der Waals surface area contributed by atoms with E-state index in [1.807, 2.05) is 25.1 Å². The summed E-state index contributed by atoms with van der Waals surface area (Å²) in [5, 5.41) is 13.3. The number of rotatable bonds is 6. The highest BCUT2D eigenvalue weighted by Gasteiger charge is 2.31. The van der Waals surface area contributed by atoms with Gasteiger partial charge in [-0.2, -0.15) is 0 Å². The molecule has 0 spiro atoms. The van der Waals surface area contributed by atoms with E-state index in [9.17, 15) is 9.90 Å². The summed E-state index contributed by atoms with van der Waals surface area (Å²) in [5.74, 6) is 0.832. The molecule has 1 aliphatic rings. The third-order valence-electron chi connectivity index (χ3n) is 4.22.